The Morgan fingerprint density at radius 2 is 1.77 bits per heavy atom. The number of ether oxygens (including phenoxy) is 1. The van der Waals surface area contributed by atoms with E-state index in [0.717, 1.165) is 9.37 Å². The van der Waals surface area contributed by atoms with Gasteiger partial charge in [0, 0.05) is 31.5 Å². The lowest BCUT2D eigenvalue weighted by atomic mass is 9.89. The van der Waals surface area contributed by atoms with Crippen LogP contribution in [0, 0.1) is 0 Å². The van der Waals surface area contributed by atoms with Crippen LogP contribution in [-0.4, -0.2) is 72.5 Å². The van der Waals surface area contributed by atoms with Gasteiger partial charge < -0.3 is 19.9 Å². The van der Waals surface area contributed by atoms with Crippen LogP contribution in [0.5, 0.6) is 0 Å². The molecular weight excluding hydrogens is 476 g/mol. The molecule has 3 amide bonds. The van der Waals surface area contributed by atoms with Gasteiger partial charge in [-0.2, -0.15) is 0 Å². The van der Waals surface area contributed by atoms with Crippen LogP contribution in [0.3, 0.4) is 0 Å². The second-order valence-electron chi connectivity index (χ2n) is 8.75. The Balaban J connectivity index is 2.47. The normalized spacial score (nSPS) is 17.6. The van der Waals surface area contributed by atoms with Crippen molar-refractivity contribution in [2.75, 3.05) is 27.2 Å². The number of alkyl halides is 2. The second kappa shape index (κ2) is 9.50. The van der Waals surface area contributed by atoms with Crippen LogP contribution in [0.15, 0.2) is 28.7 Å². The number of hydrogen-bond acceptors (Lipinski definition) is 4. The first-order valence-corrected chi connectivity index (χ1v) is 10.6. The molecule has 1 fully saturated rings. The fourth-order valence-corrected chi connectivity index (χ4v) is 3.53. The molecule has 2 rings (SSSR count). The SMILES string of the molecule is CN(C)C(=O)[C@@H](c1ccc(Br)cc1)C(NC(=O)OC(C)(C)C)C(=O)N1CCC(F)(F)C1. The van der Waals surface area contributed by atoms with Crippen LogP contribution in [0.2, 0.25) is 0 Å². The van der Waals surface area contributed by atoms with Gasteiger partial charge in [0.15, 0.2) is 0 Å². The van der Waals surface area contributed by atoms with E-state index in [1.54, 1.807) is 45.0 Å². The lowest BCUT2D eigenvalue weighted by Gasteiger charge is -2.32. The molecule has 2 atom stereocenters. The number of hydrogen-bond donors (Lipinski definition) is 1. The summed E-state index contributed by atoms with van der Waals surface area (Å²) in [5.74, 6) is -5.35. The average Bonchev–Trinajstić information content (AvgIpc) is 3.00. The Kier molecular flexibility index (Phi) is 7.67. The summed E-state index contributed by atoms with van der Waals surface area (Å²) in [7, 11) is 3.04. The molecule has 1 N–H and O–H groups in total. The van der Waals surface area contributed by atoms with E-state index in [2.05, 4.69) is 21.2 Å². The molecule has 1 aromatic rings. The van der Waals surface area contributed by atoms with E-state index in [1.807, 2.05) is 0 Å². The molecule has 1 unspecified atom stereocenters. The Hall–Kier alpha value is -2.23. The van der Waals surface area contributed by atoms with Gasteiger partial charge in [-0.3, -0.25) is 9.59 Å². The molecule has 1 saturated heterocycles. The molecule has 1 aliphatic heterocycles. The molecule has 0 aliphatic carbocycles. The van der Waals surface area contributed by atoms with Crippen LogP contribution in [0.25, 0.3) is 0 Å². The first kappa shape index (κ1) is 25.0. The van der Waals surface area contributed by atoms with Crippen LogP contribution >= 0.6 is 15.9 Å². The molecule has 0 bridgehead atoms. The maximum absolute atomic E-state index is 13.8. The zero-order valence-electron chi connectivity index (χ0n) is 18.2. The third-order valence-corrected chi connectivity index (χ3v) is 5.22. The summed E-state index contributed by atoms with van der Waals surface area (Å²) in [4.78, 5) is 41.2. The first-order valence-electron chi connectivity index (χ1n) is 9.83. The molecule has 10 heteroatoms. The minimum absolute atomic E-state index is 0.165. The number of carbonyl (C=O) groups is 3. The van der Waals surface area contributed by atoms with E-state index in [1.165, 1.54) is 19.0 Å². The van der Waals surface area contributed by atoms with Crippen molar-refractivity contribution in [1.29, 1.82) is 0 Å². The lowest BCUT2D eigenvalue weighted by molar-refractivity contribution is -0.139. The number of rotatable bonds is 5. The van der Waals surface area contributed by atoms with Gasteiger partial charge in [-0.25, -0.2) is 13.6 Å². The summed E-state index contributed by atoms with van der Waals surface area (Å²) in [6.45, 7) is 4.04. The third-order valence-electron chi connectivity index (χ3n) is 4.69. The summed E-state index contributed by atoms with van der Waals surface area (Å²) < 4.78 is 33.6. The number of nitrogens with one attached hydrogen (secondary N) is 1. The smallest absolute Gasteiger partial charge is 0.408 e. The van der Waals surface area contributed by atoms with Crippen LogP contribution in [-0.2, 0) is 14.3 Å². The van der Waals surface area contributed by atoms with E-state index in [0.29, 0.717) is 5.56 Å². The number of halogens is 3. The summed E-state index contributed by atoms with van der Waals surface area (Å²) in [5.41, 5.74) is -0.390. The summed E-state index contributed by atoms with van der Waals surface area (Å²) >= 11 is 3.32. The van der Waals surface area contributed by atoms with Gasteiger partial charge in [0.1, 0.15) is 11.6 Å². The zero-order chi connectivity index (χ0) is 23.6. The maximum atomic E-state index is 13.8. The number of likely N-dealkylation sites (tertiary alicyclic amines) is 1. The molecule has 1 aliphatic rings. The molecule has 31 heavy (non-hydrogen) atoms. The molecule has 0 spiro atoms. The van der Waals surface area contributed by atoms with Gasteiger partial charge in [0.2, 0.25) is 11.8 Å². The van der Waals surface area contributed by atoms with E-state index in [-0.39, 0.29) is 6.54 Å². The molecule has 0 aromatic heterocycles. The van der Waals surface area contributed by atoms with Gasteiger partial charge in [-0.15, -0.1) is 0 Å². The van der Waals surface area contributed by atoms with E-state index in [9.17, 15) is 23.2 Å². The van der Waals surface area contributed by atoms with Gasteiger partial charge in [0.25, 0.3) is 5.92 Å². The Labute approximate surface area is 189 Å². The maximum Gasteiger partial charge on any atom is 0.408 e. The van der Waals surface area contributed by atoms with Crippen molar-refractivity contribution in [3.63, 3.8) is 0 Å². The highest BCUT2D eigenvalue weighted by molar-refractivity contribution is 9.10. The molecule has 172 valence electrons. The van der Waals surface area contributed by atoms with Gasteiger partial charge in [-0.1, -0.05) is 28.1 Å². The second-order valence-corrected chi connectivity index (χ2v) is 9.67. The van der Waals surface area contributed by atoms with E-state index < -0.39 is 54.4 Å². The number of likely N-dealkylation sites (N-methyl/N-ethyl adjacent to an activating group) is 1. The lowest BCUT2D eigenvalue weighted by Crippen LogP contribution is -2.55. The molecule has 0 saturated carbocycles. The van der Waals surface area contributed by atoms with Crippen molar-refractivity contribution in [1.82, 2.24) is 15.1 Å². The summed E-state index contributed by atoms with van der Waals surface area (Å²) in [6.07, 6.45) is -1.38. The standard InChI is InChI=1S/C21H28BrF2N3O4/c1-20(2,3)31-19(30)25-16(18(29)27-11-10-21(23,24)12-27)15(17(28)26(4)5)13-6-8-14(22)9-7-13/h6-9,15-16H,10-12H2,1-5H3,(H,25,30)/t15-,16?/m0/s1. The van der Waals surface area contributed by atoms with Crippen molar-refractivity contribution < 1.29 is 27.9 Å². The topological polar surface area (TPSA) is 79.0 Å². The average molecular weight is 504 g/mol. The third kappa shape index (κ3) is 6.88. The number of amides is 3. The highest BCUT2D eigenvalue weighted by Gasteiger charge is 2.46. The van der Waals surface area contributed by atoms with Crippen molar-refractivity contribution in [3.05, 3.63) is 34.3 Å². The zero-order valence-corrected chi connectivity index (χ0v) is 19.8. The van der Waals surface area contributed by atoms with Crippen molar-refractivity contribution in [2.45, 2.75) is 50.7 Å². The summed E-state index contributed by atoms with van der Waals surface area (Å²) in [6, 6.07) is 5.27. The quantitative estimate of drug-likeness (QED) is 0.667. The van der Waals surface area contributed by atoms with Crippen LogP contribution < -0.4 is 5.32 Å². The van der Waals surface area contributed by atoms with E-state index >= 15 is 0 Å². The van der Waals surface area contributed by atoms with Crippen molar-refractivity contribution in [2.24, 2.45) is 0 Å². The first-order chi connectivity index (χ1) is 14.2. The minimum Gasteiger partial charge on any atom is -0.444 e. The Bertz CT molecular complexity index is 825. The largest absolute Gasteiger partial charge is 0.444 e. The van der Waals surface area contributed by atoms with Gasteiger partial charge in [0.05, 0.1) is 12.5 Å². The number of alkyl carbamates (subject to hydrolysis) is 1. The van der Waals surface area contributed by atoms with Crippen molar-refractivity contribution >= 4 is 33.8 Å². The Morgan fingerprint density at radius 1 is 1.19 bits per heavy atom. The molecule has 1 aromatic carbocycles. The monoisotopic (exact) mass is 503 g/mol. The van der Waals surface area contributed by atoms with Crippen molar-refractivity contribution in [3.8, 4) is 0 Å². The highest BCUT2D eigenvalue weighted by atomic mass is 79.9. The van der Waals surface area contributed by atoms with Crippen LogP contribution in [0.4, 0.5) is 13.6 Å². The predicted octanol–water partition coefficient (Wildman–Crippen LogP) is 3.38. The number of nitrogens with zero attached hydrogens (tertiary/aromatic N) is 2. The molecule has 1 heterocycles. The number of carbonyl (C=O) groups excluding carboxylic acids is 3. The fraction of sp³-hybridized carbons (Fsp3) is 0.571. The molecule has 7 nitrogen and oxygen atoms in total. The number of benzene rings is 1. The summed E-state index contributed by atoms with van der Waals surface area (Å²) in [5, 5.41) is 2.47. The predicted molar refractivity (Wildman–Crippen MR) is 115 cm³/mol. The molecular formula is C21H28BrF2N3O4. The minimum atomic E-state index is -3.01. The highest BCUT2D eigenvalue weighted by Crippen LogP contribution is 2.30. The van der Waals surface area contributed by atoms with Crippen LogP contribution in [0.1, 0.15) is 38.7 Å². The van der Waals surface area contributed by atoms with E-state index in [4.69, 9.17) is 4.74 Å². The van der Waals surface area contributed by atoms with Gasteiger partial charge >= 0.3 is 6.09 Å². The fourth-order valence-electron chi connectivity index (χ4n) is 3.27. The molecule has 0 radical (unpaired) electrons. The van der Waals surface area contributed by atoms with Gasteiger partial charge in [-0.05, 0) is 38.5 Å². The Morgan fingerprint density at radius 3 is 2.23 bits per heavy atom.